The highest BCUT2D eigenvalue weighted by Gasteiger charge is 2.43. The molecular weight excluding hydrogens is 226 g/mol. The van der Waals surface area contributed by atoms with Gasteiger partial charge < -0.3 is 15.4 Å². The molecule has 0 amide bonds. The van der Waals surface area contributed by atoms with Crippen LogP contribution in [0, 0.1) is 11.8 Å². The van der Waals surface area contributed by atoms with Crippen molar-refractivity contribution in [3.63, 3.8) is 0 Å². The van der Waals surface area contributed by atoms with Crippen LogP contribution >= 0.6 is 0 Å². The number of nitrogens with zero attached hydrogens (tertiary/aromatic N) is 2. The third-order valence-corrected chi connectivity index (χ3v) is 4.74. The lowest BCUT2D eigenvalue weighted by Gasteiger charge is -2.45. The monoisotopic (exact) mass is 251 g/mol. The van der Waals surface area contributed by atoms with Crippen LogP contribution in [0.3, 0.4) is 0 Å². The Bertz CT molecular complexity index is 331. The Morgan fingerprint density at radius 3 is 3.00 bits per heavy atom. The van der Waals surface area contributed by atoms with Gasteiger partial charge in [0.05, 0.1) is 12.1 Å². The first-order valence-electron chi connectivity index (χ1n) is 7.44. The fourth-order valence-corrected chi connectivity index (χ4v) is 3.56. The zero-order chi connectivity index (χ0) is 12.5. The largest absolute Gasteiger partial charge is 0.378 e. The maximum atomic E-state index is 6.18. The number of fused-ring (bicyclic) bond motifs is 1. The summed E-state index contributed by atoms with van der Waals surface area (Å²) in [4.78, 5) is 7.03. The first-order valence-corrected chi connectivity index (χ1v) is 7.44. The smallest absolute Gasteiger partial charge is 0.191 e. The molecule has 2 saturated heterocycles. The summed E-state index contributed by atoms with van der Waals surface area (Å²) in [5.41, 5.74) is 6.18. The molecule has 0 aromatic rings. The van der Waals surface area contributed by atoms with Crippen molar-refractivity contribution in [3.05, 3.63) is 0 Å². The van der Waals surface area contributed by atoms with E-state index in [0.717, 1.165) is 38.0 Å². The molecule has 2 N–H and O–H groups in total. The van der Waals surface area contributed by atoms with Crippen LogP contribution in [0.2, 0.25) is 0 Å². The summed E-state index contributed by atoms with van der Waals surface area (Å²) in [6.45, 7) is 5.40. The van der Waals surface area contributed by atoms with Gasteiger partial charge in [0.15, 0.2) is 5.96 Å². The molecule has 3 fully saturated rings. The van der Waals surface area contributed by atoms with Crippen molar-refractivity contribution in [2.75, 3.05) is 19.7 Å². The van der Waals surface area contributed by atoms with E-state index in [1.807, 2.05) is 0 Å². The molecule has 0 bridgehead atoms. The molecule has 4 atom stereocenters. The fraction of sp³-hybridized carbons (Fsp3) is 0.929. The van der Waals surface area contributed by atoms with E-state index in [1.54, 1.807) is 0 Å². The number of hydrogen-bond acceptors (Lipinski definition) is 2. The Hall–Kier alpha value is -0.770. The van der Waals surface area contributed by atoms with E-state index in [2.05, 4.69) is 11.8 Å². The van der Waals surface area contributed by atoms with Crippen LogP contribution in [0.15, 0.2) is 4.99 Å². The van der Waals surface area contributed by atoms with Crippen LogP contribution in [0.4, 0.5) is 0 Å². The van der Waals surface area contributed by atoms with Crippen LogP contribution < -0.4 is 5.73 Å². The molecule has 2 heterocycles. The highest BCUT2D eigenvalue weighted by molar-refractivity contribution is 5.78. The number of piperidine rings is 1. The van der Waals surface area contributed by atoms with E-state index in [0.29, 0.717) is 18.1 Å². The summed E-state index contributed by atoms with van der Waals surface area (Å²) in [5.74, 6) is 2.16. The topological polar surface area (TPSA) is 50.8 Å². The number of rotatable bonds is 1. The third kappa shape index (κ3) is 2.35. The minimum atomic E-state index is 0.424. The first kappa shape index (κ1) is 12.3. The predicted octanol–water partition coefficient (Wildman–Crippen LogP) is 1.60. The Morgan fingerprint density at radius 1 is 1.33 bits per heavy atom. The van der Waals surface area contributed by atoms with Gasteiger partial charge >= 0.3 is 0 Å². The first-order chi connectivity index (χ1) is 8.74. The van der Waals surface area contributed by atoms with Gasteiger partial charge in [-0.3, -0.25) is 0 Å². The molecule has 0 spiro atoms. The minimum absolute atomic E-state index is 0.424. The number of nitrogens with two attached hydrogens (primary N) is 1. The van der Waals surface area contributed by atoms with E-state index >= 15 is 0 Å². The number of aliphatic imine (C=N–C) groups is 1. The van der Waals surface area contributed by atoms with Crippen molar-refractivity contribution >= 4 is 5.96 Å². The Labute approximate surface area is 110 Å². The highest BCUT2D eigenvalue weighted by Crippen LogP contribution is 2.39. The van der Waals surface area contributed by atoms with E-state index in [4.69, 9.17) is 15.5 Å². The lowest BCUT2D eigenvalue weighted by Crippen LogP contribution is -2.51. The summed E-state index contributed by atoms with van der Waals surface area (Å²) in [6, 6.07) is 0.424. The Morgan fingerprint density at radius 2 is 2.22 bits per heavy atom. The second-order valence-electron chi connectivity index (χ2n) is 6.20. The van der Waals surface area contributed by atoms with E-state index in [9.17, 15) is 0 Å². The summed E-state index contributed by atoms with van der Waals surface area (Å²) in [6.07, 6.45) is 6.58. The molecule has 4 unspecified atom stereocenters. The molecule has 4 nitrogen and oxygen atoms in total. The van der Waals surface area contributed by atoms with Gasteiger partial charge in [-0.1, -0.05) is 6.92 Å². The van der Waals surface area contributed by atoms with Crippen LogP contribution in [-0.4, -0.2) is 42.7 Å². The van der Waals surface area contributed by atoms with Gasteiger partial charge in [0.25, 0.3) is 0 Å². The molecule has 3 rings (SSSR count). The molecule has 18 heavy (non-hydrogen) atoms. The minimum Gasteiger partial charge on any atom is -0.378 e. The number of guanidine groups is 1. The quantitative estimate of drug-likeness (QED) is 0.569. The van der Waals surface area contributed by atoms with Crippen molar-refractivity contribution in [2.24, 2.45) is 22.6 Å². The van der Waals surface area contributed by atoms with Gasteiger partial charge in [-0.05, 0) is 38.0 Å². The average molecular weight is 251 g/mol. The maximum absolute atomic E-state index is 6.18. The van der Waals surface area contributed by atoms with Gasteiger partial charge in [-0.2, -0.15) is 0 Å². The number of hydrogen-bond donors (Lipinski definition) is 1. The second kappa shape index (κ2) is 5.08. The van der Waals surface area contributed by atoms with Gasteiger partial charge in [-0.15, -0.1) is 0 Å². The normalized spacial score (nSPS) is 41.2. The number of likely N-dealkylation sites (tertiary alicyclic amines) is 1. The van der Waals surface area contributed by atoms with E-state index in [-0.39, 0.29) is 0 Å². The zero-order valence-corrected chi connectivity index (χ0v) is 11.3. The fourth-order valence-electron chi connectivity index (χ4n) is 3.56. The average Bonchev–Trinajstić information content (AvgIpc) is 2.36. The molecule has 0 radical (unpaired) electrons. The Kier molecular flexibility index (Phi) is 3.46. The zero-order valence-electron chi connectivity index (χ0n) is 11.3. The molecule has 0 aromatic heterocycles. The van der Waals surface area contributed by atoms with Gasteiger partial charge in [0.2, 0.25) is 0 Å². The molecular formula is C14H25N3O. The standard InChI is InChI=1S/C14H25N3O/c1-10-4-2-6-17(9-10)14(15)16-12-8-13-11(12)5-3-7-18-13/h10-13H,2-9H2,1H3,(H2,15,16). The summed E-state index contributed by atoms with van der Waals surface area (Å²) >= 11 is 0. The molecule has 0 aromatic carbocycles. The van der Waals surface area contributed by atoms with Crippen molar-refractivity contribution in [1.82, 2.24) is 4.90 Å². The van der Waals surface area contributed by atoms with Crippen LogP contribution in [0.5, 0.6) is 0 Å². The van der Waals surface area contributed by atoms with Crippen molar-refractivity contribution in [2.45, 2.75) is 51.2 Å². The van der Waals surface area contributed by atoms with Gasteiger partial charge in [0, 0.05) is 25.6 Å². The highest BCUT2D eigenvalue weighted by atomic mass is 16.5. The third-order valence-electron chi connectivity index (χ3n) is 4.74. The predicted molar refractivity (Wildman–Crippen MR) is 72.5 cm³/mol. The lowest BCUT2D eigenvalue weighted by atomic mass is 9.73. The molecule has 102 valence electrons. The van der Waals surface area contributed by atoms with Crippen LogP contribution in [0.25, 0.3) is 0 Å². The van der Waals surface area contributed by atoms with E-state index in [1.165, 1.54) is 25.7 Å². The maximum Gasteiger partial charge on any atom is 0.191 e. The molecule has 1 aliphatic carbocycles. The molecule has 2 aliphatic heterocycles. The van der Waals surface area contributed by atoms with Gasteiger partial charge in [0.1, 0.15) is 0 Å². The summed E-state index contributed by atoms with van der Waals surface area (Å²) in [7, 11) is 0. The van der Waals surface area contributed by atoms with Crippen LogP contribution in [0.1, 0.15) is 39.0 Å². The van der Waals surface area contributed by atoms with Crippen molar-refractivity contribution in [3.8, 4) is 0 Å². The van der Waals surface area contributed by atoms with Crippen molar-refractivity contribution < 1.29 is 4.74 Å². The SMILES string of the molecule is CC1CCCN(C(N)=NC2CC3OCCCC23)C1. The lowest BCUT2D eigenvalue weighted by molar-refractivity contribution is -0.0940. The number of ether oxygens (including phenoxy) is 1. The van der Waals surface area contributed by atoms with Crippen molar-refractivity contribution in [1.29, 1.82) is 0 Å². The van der Waals surface area contributed by atoms with Gasteiger partial charge in [-0.25, -0.2) is 4.99 Å². The van der Waals surface area contributed by atoms with Crippen LogP contribution in [-0.2, 0) is 4.74 Å². The molecule has 1 saturated carbocycles. The summed E-state index contributed by atoms with van der Waals surface area (Å²) in [5, 5.41) is 0. The second-order valence-corrected chi connectivity index (χ2v) is 6.20. The molecule has 4 heteroatoms. The molecule has 3 aliphatic rings. The Balaban J connectivity index is 1.58. The summed E-state index contributed by atoms with van der Waals surface area (Å²) < 4.78 is 5.73. The van der Waals surface area contributed by atoms with E-state index < -0.39 is 0 Å².